The fraction of sp³-hybridized carbons (Fsp3) is 0.533. The Morgan fingerprint density at radius 2 is 2.10 bits per heavy atom. The van der Waals surface area contributed by atoms with Crippen LogP contribution >= 0.6 is 0 Å². The summed E-state index contributed by atoms with van der Waals surface area (Å²) in [4.78, 5) is 13.1. The van der Waals surface area contributed by atoms with Crippen LogP contribution in [0.1, 0.15) is 28.8 Å². The zero-order valence-corrected chi connectivity index (χ0v) is 12.3. The lowest BCUT2D eigenvalue weighted by Crippen LogP contribution is -2.45. The second kappa shape index (κ2) is 6.43. The average Bonchev–Trinajstić information content (AvgIpc) is 2.41. The molecule has 1 aromatic rings. The highest BCUT2D eigenvalue weighted by atomic mass is 16.5. The van der Waals surface area contributed by atoms with Gasteiger partial charge < -0.3 is 21.3 Å². The van der Waals surface area contributed by atoms with Crippen molar-refractivity contribution in [3.05, 3.63) is 29.3 Å². The van der Waals surface area contributed by atoms with E-state index >= 15 is 0 Å². The summed E-state index contributed by atoms with van der Waals surface area (Å²) in [6.07, 6.45) is 1.29. The number of hydrogen-bond donors (Lipinski definition) is 3. The van der Waals surface area contributed by atoms with Crippen LogP contribution in [0, 0.1) is 0 Å². The van der Waals surface area contributed by atoms with E-state index in [1.54, 1.807) is 18.2 Å². The Labute approximate surface area is 124 Å². The standard InChI is InChI=1S/C15H23N3O3/c1-18(10-15(20)4-6-21-7-5-15)9-12-3-2-11(14(17)19)8-13(12)16/h2-3,8,20H,4-7,9-10,16H2,1H3,(H2,17,19). The monoisotopic (exact) mass is 293 g/mol. The fourth-order valence-electron chi connectivity index (χ4n) is 2.65. The number of carbonyl (C=O) groups is 1. The number of nitrogens with two attached hydrogens (primary N) is 2. The number of ether oxygens (including phenoxy) is 1. The number of primary amides is 1. The predicted molar refractivity (Wildman–Crippen MR) is 80.7 cm³/mol. The van der Waals surface area contributed by atoms with E-state index in [-0.39, 0.29) is 0 Å². The zero-order valence-electron chi connectivity index (χ0n) is 12.3. The van der Waals surface area contributed by atoms with Gasteiger partial charge in [-0.05, 0) is 24.7 Å². The number of nitrogens with zero attached hydrogens (tertiary/aromatic N) is 1. The number of nitrogen functional groups attached to an aromatic ring is 1. The molecule has 1 heterocycles. The highest BCUT2D eigenvalue weighted by Crippen LogP contribution is 2.23. The van der Waals surface area contributed by atoms with Gasteiger partial charge in [0.15, 0.2) is 0 Å². The fourth-order valence-corrected chi connectivity index (χ4v) is 2.65. The van der Waals surface area contributed by atoms with Crippen molar-refractivity contribution in [2.45, 2.75) is 25.0 Å². The highest BCUT2D eigenvalue weighted by Gasteiger charge is 2.31. The minimum absolute atomic E-state index is 0.405. The molecule has 6 heteroatoms. The van der Waals surface area contributed by atoms with Crippen LogP contribution < -0.4 is 11.5 Å². The van der Waals surface area contributed by atoms with Crippen LogP contribution in [0.25, 0.3) is 0 Å². The van der Waals surface area contributed by atoms with Gasteiger partial charge in [-0.3, -0.25) is 9.69 Å². The van der Waals surface area contributed by atoms with Crippen molar-refractivity contribution in [3.63, 3.8) is 0 Å². The van der Waals surface area contributed by atoms with Gasteiger partial charge in [0.25, 0.3) is 0 Å². The van der Waals surface area contributed by atoms with Crippen molar-refractivity contribution in [3.8, 4) is 0 Å². The van der Waals surface area contributed by atoms with Gasteiger partial charge in [0, 0.05) is 50.4 Å². The summed E-state index contributed by atoms with van der Waals surface area (Å²) in [5.41, 5.74) is 12.3. The molecular weight excluding hydrogens is 270 g/mol. The van der Waals surface area contributed by atoms with E-state index in [1.165, 1.54) is 0 Å². The summed E-state index contributed by atoms with van der Waals surface area (Å²) < 4.78 is 5.28. The number of carbonyl (C=O) groups excluding carboxylic acids is 1. The molecular formula is C15H23N3O3. The van der Waals surface area contributed by atoms with Crippen molar-refractivity contribution in [1.82, 2.24) is 4.90 Å². The molecule has 0 atom stereocenters. The van der Waals surface area contributed by atoms with Crippen LogP contribution in [-0.2, 0) is 11.3 Å². The maximum Gasteiger partial charge on any atom is 0.248 e. The lowest BCUT2D eigenvalue weighted by molar-refractivity contribution is -0.0777. The first kappa shape index (κ1) is 15.8. The number of aliphatic hydroxyl groups is 1. The number of amides is 1. The van der Waals surface area contributed by atoms with Gasteiger partial charge in [0.05, 0.1) is 5.60 Å². The lowest BCUT2D eigenvalue weighted by Gasteiger charge is -2.35. The number of hydrogen-bond acceptors (Lipinski definition) is 5. The minimum Gasteiger partial charge on any atom is -0.398 e. The molecule has 6 nitrogen and oxygen atoms in total. The molecule has 0 unspecified atom stereocenters. The zero-order chi connectivity index (χ0) is 15.5. The molecule has 116 valence electrons. The van der Waals surface area contributed by atoms with E-state index in [0.717, 1.165) is 5.56 Å². The number of anilines is 1. The van der Waals surface area contributed by atoms with Crippen molar-refractivity contribution in [2.24, 2.45) is 5.73 Å². The van der Waals surface area contributed by atoms with Crippen molar-refractivity contribution in [2.75, 3.05) is 32.5 Å². The SMILES string of the molecule is CN(Cc1ccc(C(N)=O)cc1N)CC1(O)CCOCC1. The van der Waals surface area contributed by atoms with Crippen molar-refractivity contribution >= 4 is 11.6 Å². The molecule has 5 N–H and O–H groups in total. The summed E-state index contributed by atoms with van der Waals surface area (Å²) in [6, 6.07) is 5.07. The Kier molecular flexibility index (Phi) is 4.82. The molecule has 2 rings (SSSR count). The van der Waals surface area contributed by atoms with Gasteiger partial charge in [0.2, 0.25) is 5.91 Å². The van der Waals surface area contributed by atoms with E-state index in [4.69, 9.17) is 16.2 Å². The molecule has 0 spiro atoms. The maximum atomic E-state index is 11.1. The highest BCUT2D eigenvalue weighted by molar-refractivity contribution is 5.93. The first-order valence-corrected chi connectivity index (χ1v) is 7.06. The van der Waals surface area contributed by atoms with E-state index in [0.29, 0.717) is 50.4 Å². The third-order valence-electron chi connectivity index (χ3n) is 3.86. The average molecular weight is 293 g/mol. The summed E-state index contributed by atoms with van der Waals surface area (Å²) in [6.45, 7) is 2.36. The van der Waals surface area contributed by atoms with Crippen LogP contribution in [0.2, 0.25) is 0 Å². The van der Waals surface area contributed by atoms with Gasteiger partial charge in [-0.25, -0.2) is 0 Å². The lowest BCUT2D eigenvalue weighted by atomic mass is 9.93. The van der Waals surface area contributed by atoms with Crippen LogP contribution in [0.5, 0.6) is 0 Å². The van der Waals surface area contributed by atoms with E-state index in [2.05, 4.69) is 0 Å². The quantitative estimate of drug-likeness (QED) is 0.680. The van der Waals surface area contributed by atoms with E-state index in [9.17, 15) is 9.90 Å². The summed E-state index contributed by atoms with van der Waals surface area (Å²) in [5, 5.41) is 10.5. The Morgan fingerprint density at radius 1 is 1.43 bits per heavy atom. The smallest absolute Gasteiger partial charge is 0.248 e. The molecule has 1 aromatic carbocycles. The van der Waals surface area contributed by atoms with Crippen LogP contribution in [-0.4, -0.2) is 48.3 Å². The topological polar surface area (TPSA) is 102 Å². The molecule has 1 fully saturated rings. The molecule has 0 radical (unpaired) electrons. The molecule has 1 saturated heterocycles. The molecule has 0 bridgehead atoms. The first-order chi connectivity index (χ1) is 9.89. The van der Waals surface area contributed by atoms with Crippen LogP contribution in [0.4, 0.5) is 5.69 Å². The maximum absolute atomic E-state index is 11.1. The van der Waals surface area contributed by atoms with Gasteiger partial charge >= 0.3 is 0 Å². The Hall–Kier alpha value is -1.63. The molecule has 1 aliphatic heterocycles. The summed E-state index contributed by atoms with van der Waals surface area (Å²) in [5.74, 6) is -0.488. The third-order valence-corrected chi connectivity index (χ3v) is 3.86. The van der Waals surface area contributed by atoms with Gasteiger partial charge in [-0.1, -0.05) is 6.07 Å². The number of likely N-dealkylation sites (N-methyl/N-ethyl adjacent to an activating group) is 1. The van der Waals surface area contributed by atoms with E-state index < -0.39 is 11.5 Å². The molecule has 1 amide bonds. The van der Waals surface area contributed by atoms with Gasteiger partial charge in [0.1, 0.15) is 0 Å². The third kappa shape index (κ3) is 4.17. The summed E-state index contributed by atoms with van der Waals surface area (Å²) >= 11 is 0. The van der Waals surface area contributed by atoms with Crippen LogP contribution in [0.3, 0.4) is 0 Å². The molecule has 0 saturated carbocycles. The van der Waals surface area contributed by atoms with Crippen LogP contribution in [0.15, 0.2) is 18.2 Å². The normalized spacial score (nSPS) is 17.9. The Balaban J connectivity index is 1.99. The minimum atomic E-state index is -0.699. The van der Waals surface area contributed by atoms with E-state index in [1.807, 2.05) is 11.9 Å². The molecule has 21 heavy (non-hydrogen) atoms. The predicted octanol–water partition coefficient (Wildman–Crippen LogP) is 0.341. The Bertz CT molecular complexity index is 513. The molecule has 0 aliphatic carbocycles. The first-order valence-electron chi connectivity index (χ1n) is 7.06. The van der Waals surface area contributed by atoms with Crippen molar-refractivity contribution < 1.29 is 14.6 Å². The van der Waals surface area contributed by atoms with Gasteiger partial charge in [-0.15, -0.1) is 0 Å². The second-order valence-electron chi connectivity index (χ2n) is 5.79. The van der Waals surface area contributed by atoms with Gasteiger partial charge in [-0.2, -0.15) is 0 Å². The molecule has 0 aromatic heterocycles. The second-order valence-corrected chi connectivity index (χ2v) is 5.79. The summed E-state index contributed by atoms with van der Waals surface area (Å²) in [7, 11) is 1.94. The van der Waals surface area contributed by atoms with Crippen molar-refractivity contribution in [1.29, 1.82) is 0 Å². The number of benzene rings is 1. The Morgan fingerprint density at radius 3 is 2.67 bits per heavy atom. The largest absolute Gasteiger partial charge is 0.398 e. The number of rotatable bonds is 5. The molecule has 1 aliphatic rings.